The van der Waals surface area contributed by atoms with Gasteiger partial charge in [0, 0.05) is 25.1 Å². The second-order valence-corrected chi connectivity index (χ2v) is 3.77. The van der Waals surface area contributed by atoms with E-state index < -0.39 is 0 Å². The van der Waals surface area contributed by atoms with Crippen molar-refractivity contribution >= 4 is 5.69 Å². The Bertz CT molecular complexity index is 410. The van der Waals surface area contributed by atoms with Gasteiger partial charge in [-0.1, -0.05) is 12.1 Å². The first kappa shape index (κ1) is 13.2. The third-order valence-electron chi connectivity index (χ3n) is 2.38. The summed E-state index contributed by atoms with van der Waals surface area (Å²) in [4.78, 5) is 10.2. The van der Waals surface area contributed by atoms with E-state index >= 15 is 0 Å². The first-order valence-electron chi connectivity index (χ1n) is 5.61. The molecule has 1 aromatic rings. The summed E-state index contributed by atoms with van der Waals surface area (Å²) in [6.45, 7) is 1.53. The lowest BCUT2D eigenvalue weighted by Gasteiger charge is -2.04. The average Bonchev–Trinajstić information content (AvgIpc) is 2.34. The lowest BCUT2D eigenvalue weighted by molar-refractivity contribution is -0.384. The average molecular weight is 232 g/mol. The minimum atomic E-state index is -0.379. The zero-order valence-electron chi connectivity index (χ0n) is 9.69. The fourth-order valence-electron chi connectivity index (χ4n) is 1.49. The third-order valence-corrected chi connectivity index (χ3v) is 2.38. The van der Waals surface area contributed by atoms with Crippen molar-refractivity contribution in [3.63, 3.8) is 0 Å². The Morgan fingerprint density at radius 1 is 1.41 bits per heavy atom. The highest BCUT2D eigenvalue weighted by Gasteiger charge is 2.04. The summed E-state index contributed by atoms with van der Waals surface area (Å²) in [7, 11) is 0. The van der Waals surface area contributed by atoms with E-state index in [1.165, 1.54) is 6.07 Å². The molecular formula is C13H16N2O2. The molecule has 0 saturated carbocycles. The van der Waals surface area contributed by atoms with E-state index in [1.807, 2.05) is 6.07 Å². The molecule has 0 fully saturated rings. The largest absolute Gasteiger partial charge is 0.313 e. The number of nitrogens with one attached hydrogen (secondary N) is 1. The molecule has 0 aromatic heterocycles. The van der Waals surface area contributed by atoms with Gasteiger partial charge in [0.25, 0.3) is 5.69 Å². The lowest BCUT2D eigenvalue weighted by Crippen LogP contribution is -2.14. The molecule has 0 heterocycles. The van der Waals surface area contributed by atoms with E-state index in [1.54, 1.807) is 12.1 Å². The van der Waals surface area contributed by atoms with Crippen LogP contribution in [0.2, 0.25) is 0 Å². The number of benzene rings is 1. The van der Waals surface area contributed by atoms with Crippen LogP contribution < -0.4 is 5.32 Å². The van der Waals surface area contributed by atoms with E-state index in [-0.39, 0.29) is 10.6 Å². The number of hydrogen-bond donors (Lipinski definition) is 1. The smallest absolute Gasteiger partial charge is 0.269 e. The number of nitro benzene ring substituents is 1. The van der Waals surface area contributed by atoms with Crippen LogP contribution in [0.25, 0.3) is 0 Å². The van der Waals surface area contributed by atoms with Gasteiger partial charge in [-0.25, -0.2) is 0 Å². The molecule has 4 heteroatoms. The quantitative estimate of drug-likeness (QED) is 0.340. The Labute approximate surface area is 101 Å². The molecule has 1 aromatic carbocycles. The number of unbranched alkanes of at least 4 members (excludes halogenated alkanes) is 2. The van der Waals surface area contributed by atoms with E-state index in [2.05, 4.69) is 11.2 Å². The Kier molecular flexibility index (Phi) is 5.76. The van der Waals surface area contributed by atoms with E-state index in [9.17, 15) is 10.1 Å². The molecule has 90 valence electrons. The second kappa shape index (κ2) is 7.42. The molecule has 0 saturated heterocycles. The van der Waals surface area contributed by atoms with Crippen molar-refractivity contribution < 1.29 is 4.92 Å². The summed E-state index contributed by atoms with van der Waals surface area (Å²) >= 11 is 0. The maximum absolute atomic E-state index is 10.6. The van der Waals surface area contributed by atoms with Crippen molar-refractivity contribution in [2.45, 2.75) is 25.8 Å². The van der Waals surface area contributed by atoms with Crippen molar-refractivity contribution in [2.24, 2.45) is 0 Å². The predicted molar refractivity (Wildman–Crippen MR) is 67.5 cm³/mol. The third kappa shape index (κ3) is 5.14. The molecule has 17 heavy (non-hydrogen) atoms. The number of terminal acetylenes is 1. The van der Waals surface area contributed by atoms with Gasteiger partial charge < -0.3 is 5.32 Å². The first-order chi connectivity index (χ1) is 8.24. The van der Waals surface area contributed by atoms with Crippen molar-refractivity contribution in [3.05, 3.63) is 39.9 Å². The molecule has 1 rings (SSSR count). The van der Waals surface area contributed by atoms with Gasteiger partial charge in [-0.15, -0.1) is 12.3 Å². The number of nitrogens with zero attached hydrogens (tertiary/aromatic N) is 1. The highest BCUT2D eigenvalue weighted by Crippen LogP contribution is 2.12. The Hall–Kier alpha value is -1.86. The maximum atomic E-state index is 10.6. The summed E-state index contributed by atoms with van der Waals surface area (Å²) in [5.41, 5.74) is 1.06. The molecule has 0 atom stereocenters. The predicted octanol–water partition coefficient (Wildman–Crippen LogP) is 2.49. The maximum Gasteiger partial charge on any atom is 0.269 e. The van der Waals surface area contributed by atoms with Crippen LogP contribution in [0.15, 0.2) is 24.3 Å². The van der Waals surface area contributed by atoms with Gasteiger partial charge in [-0.05, 0) is 24.9 Å². The highest BCUT2D eigenvalue weighted by molar-refractivity contribution is 5.34. The van der Waals surface area contributed by atoms with Crippen LogP contribution in [0.3, 0.4) is 0 Å². The molecule has 0 radical (unpaired) electrons. The molecule has 0 spiro atoms. The summed E-state index contributed by atoms with van der Waals surface area (Å²) < 4.78 is 0. The Morgan fingerprint density at radius 2 is 2.24 bits per heavy atom. The zero-order chi connectivity index (χ0) is 12.5. The molecule has 0 amide bonds. The summed E-state index contributed by atoms with van der Waals surface area (Å²) in [5.74, 6) is 2.59. The molecule has 1 N–H and O–H groups in total. The van der Waals surface area contributed by atoms with Gasteiger partial charge in [-0.3, -0.25) is 10.1 Å². The number of nitro groups is 1. The van der Waals surface area contributed by atoms with Gasteiger partial charge in [0.15, 0.2) is 0 Å². The van der Waals surface area contributed by atoms with Crippen LogP contribution in [0, 0.1) is 22.5 Å². The zero-order valence-corrected chi connectivity index (χ0v) is 9.69. The van der Waals surface area contributed by atoms with Gasteiger partial charge in [0.05, 0.1) is 4.92 Å². The molecule has 0 aliphatic rings. The van der Waals surface area contributed by atoms with Crippen molar-refractivity contribution in [1.82, 2.24) is 5.32 Å². The van der Waals surface area contributed by atoms with Crippen LogP contribution in [0.1, 0.15) is 24.8 Å². The highest BCUT2D eigenvalue weighted by atomic mass is 16.6. The van der Waals surface area contributed by atoms with Crippen LogP contribution in [-0.4, -0.2) is 11.5 Å². The van der Waals surface area contributed by atoms with E-state index in [0.717, 1.165) is 31.4 Å². The van der Waals surface area contributed by atoms with Crippen LogP contribution in [0.5, 0.6) is 0 Å². The summed E-state index contributed by atoms with van der Waals surface area (Å²) in [6.07, 6.45) is 7.99. The van der Waals surface area contributed by atoms with E-state index in [4.69, 9.17) is 6.42 Å². The fourth-order valence-corrected chi connectivity index (χ4v) is 1.49. The van der Waals surface area contributed by atoms with Gasteiger partial charge >= 0.3 is 0 Å². The number of non-ortho nitro benzene ring substituents is 1. The standard InChI is InChI=1S/C13H16N2O2/c1-2-3-4-5-9-14-11-12-7-6-8-13(10-12)15(16)17/h1,6-8,10,14H,3-5,9,11H2. The molecule has 0 aliphatic carbocycles. The molecule has 0 unspecified atom stereocenters. The van der Waals surface area contributed by atoms with Crippen molar-refractivity contribution in [2.75, 3.05) is 6.54 Å². The van der Waals surface area contributed by atoms with Crippen molar-refractivity contribution in [1.29, 1.82) is 0 Å². The van der Waals surface area contributed by atoms with Gasteiger partial charge in [0.1, 0.15) is 0 Å². The minimum Gasteiger partial charge on any atom is -0.313 e. The van der Waals surface area contributed by atoms with Crippen LogP contribution >= 0.6 is 0 Å². The summed E-state index contributed by atoms with van der Waals surface area (Å²) in [5, 5.41) is 13.8. The molecule has 0 aliphatic heterocycles. The number of rotatable bonds is 7. The van der Waals surface area contributed by atoms with Crippen molar-refractivity contribution in [3.8, 4) is 12.3 Å². The van der Waals surface area contributed by atoms with E-state index in [0.29, 0.717) is 6.54 Å². The Balaban J connectivity index is 2.30. The summed E-state index contributed by atoms with van der Waals surface area (Å²) in [6, 6.07) is 6.67. The van der Waals surface area contributed by atoms with Gasteiger partial charge in [0.2, 0.25) is 0 Å². The monoisotopic (exact) mass is 232 g/mol. The van der Waals surface area contributed by atoms with Gasteiger partial charge in [-0.2, -0.15) is 0 Å². The second-order valence-electron chi connectivity index (χ2n) is 3.77. The molecule has 4 nitrogen and oxygen atoms in total. The first-order valence-corrected chi connectivity index (χ1v) is 5.61. The normalized spacial score (nSPS) is 9.82. The van der Waals surface area contributed by atoms with Crippen LogP contribution in [0.4, 0.5) is 5.69 Å². The SMILES string of the molecule is C#CCCCCNCc1cccc([N+](=O)[O-])c1. The Morgan fingerprint density at radius 3 is 2.94 bits per heavy atom. The minimum absolute atomic E-state index is 0.136. The van der Waals surface area contributed by atoms with Crippen LogP contribution in [-0.2, 0) is 6.54 Å². The molecular weight excluding hydrogens is 216 g/mol. The topological polar surface area (TPSA) is 55.2 Å². The number of hydrogen-bond acceptors (Lipinski definition) is 3. The fraction of sp³-hybridized carbons (Fsp3) is 0.385. The molecule has 0 bridgehead atoms. The lowest BCUT2D eigenvalue weighted by atomic mass is 10.2.